The predicted molar refractivity (Wildman–Crippen MR) is 127 cm³/mol. The molecule has 164 valence electrons. The van der Waals surface area contributed by atoms with Crippen molar-refractivity contribution in [2.24, 2.45) is 5.92 Å². The van der Waals surface area contributed by atoms with Crippen molar-refractivity contribution in [1.82, 2.24) is 0 Å². The molecular weight excluding hydrogens is 472 g/mol. The zero-order chi connectivity index (χ0) is 22.5. The number of benzene rings is 3. The third-order valence-corrected chi connectivity index (χ3v) is 5.66. The first-order valence-electron chi connectivity index (χ1n) is 10.4. The molecule has 7 heteroatoms. The number of carbonyl (C=O) groups excluding carboxylic acids is 2. The molecule has 1 aliphatic heterocycles. The first-order chi connectivity index (χ1) is 15.5. The van der Waals surface area contributed by atoms with Gasteiger partial charge in [-0.3, -0.25) is 9.59 Å². The number of halogens is 1. The summed E-state index contributed by atoms with van der Waals surface area (Å²) in [5, 5.41) is 2.90. The Balaban J connectivity index is 1.34. The molecule has 1 fully saturated rings. The van der Waals surface area contributed by atoms with E-state index in [4.69, 9.17) is 9.47 Å². The molecule has 0 aromatic heterocycles. The lowest BCUT2D eigenvalue weighted by molar-refractivity contribution is -0.122. The van der Waals surface area contributed by atoms with E-state index in [1.807, 2.05) is 55.5 Å². The van der Waals surface area contributed by atoms with Crippen LogP contribution >= 0.6 is 15.9 Å². The Morgan fingerprint density at radius 1 is 0.969 bits per heavy atom. The quantitative estimate of drug-likeness (QED) is 0.461. The summed E-state index contributed by atoms with van der Waals surface area (Å²) in [5.41, 5.74) is 1.42. The van der Waals surface area contributed by atoms with Gasteiger partial charge < -0.3 is 19.7 Å². The maximum atomic E-state index is 12.7. The fourth-order valence-corrected chi connectivity index (χ4v) is 3.78. The summed E-state index contributed by atoms with van der Waals surface area (Å²) < 4.78 is 12.2. The maximum Gasteiger partial charge on any atom is 0.229 e. The van der Waals surface area contributed by atoms with Crippen molar-refractivity contribution >= 4 is 39.1 Å². The second-order valence-electron chi connectivity index (χ2n) is 7.40. The molecule has 0 unspecified atom stereocenters. The molecule has 3 aromatic rings. The number of hydrogen-bond acceptors (Lipinski definition) is 4. The minimum Gasteiger partial charge on any atom is -0.494 e. The van der Waals surface area contributed by atoms with Gasteiger partial charge in [-0.2, -0.15) is 0 Å². The number of nitrogens with zero attached hydrogens (tertiary/aromatic N) is 1. The molecular formula is C25H23BrN2O4. The van der Waals surface area contributed by atoms with Gasteiger partial charge in [0.2, 0.25) is 11.8 Å². The second-order valence-corrected chi connectivity index (χ2v) is 8.32. The molecule has 1 atom stereocenters. The summed E-state index contributed by atoms with van der Waals surface area (Å²) >= 11 is 3.40. The van der Waals surface area contributed by atoms with Crippen molar-refractivity contribution in [3.05, 3.63) is 77.3 Å². The van der Waals surface area contributed by atoms with Crippen LogP contribution in [0.1, 0.15) is 13.3 Å². The van der Waals surface area contributed by atoms with Gasteiger partial charge >= 0.3 is 0 Å². The number of amides is 2. The minimum absolute atomic E-state index is 0.0624. The van der Waals surface area contributed by atoms with Crippen molar-refractivity contribution in [1.29, 1.82) is 0 Å². The van der Waals surface area contributed by atoms with Gasteiger partial charge in [0.25, 0.3) is 0 Å². The highest BCUT2D eigenvalue weighted by atomic mass is 79.9. The Morgan fingerprint density at radius 3 is 2.19 bits per heavy atom. The highest BCUT2D eigenvalue weighted by Gasteiger charge is 2.35. The van der Waals surface area contributed by atoms with Gasteiger partial charge in [0.05, 0.1) is 12.5 Å². The molecule has 1 N–H and O–H groups in total. The molecule has 0 bridgehead atoms. The monoisotopic (exact) mass is 494 g/mol. The third kappa shape index (κ3) is 5.29. The number of rotatable bonds is 7. The molecule has 1 saturated heterocycles. The van der Waals surface area contributed by atoms with E-state index in [2.05, 4.69) is 21.2 Å². The normalized spacial score (nSPS) is 15.5. The van der Waals surface area contributed by atoms with Gasteiger partial charge in [0.15, 0.2) is 0 Å². The van der Waals surface area contributed by atoms with Crippen LogP contribution in [0.15, 0.2) is 77.3 Å². The summed E-state index contributed by atoms with van der Waals surface area (Å²) in [5.74, 6) is 1.50. The van der Waals surface area contributed by atoms with Crippen molar-refractivity contribution in [3.63, 3.8) is 0 Å². The SMILES string of the molecule is CCOc1ccc(N2C[C@@H](C(=O)Nc3ccc(Oc4ccc(Br)cc4)cc3)CC2=O)cc1. The van der Waals surface area contributed by atoms with Crippen LogP contribution in [0.2, 0.25) is 0 Å². The molecule has 2 amide bonds. The standard InChI is InChI=1S/C25H23BrN2O4/c1-2-31-21-13-7-20(8-14-21)28-16-17(15-24(28)29)25(30)27-19-5-11-23(12-6-19)32-22-9-3-18(26)4-10-22/h3-14,17H,2,15-16H2,1H3,(H,27,30)/t17-/m0/s1. The zero-order valence-electron chi connectivity index (χ0n) is 17.6. The van der Waals surface area contributed by atoms with Crippen molar-refractivity contribution < 1.29 is 19.1 Å². The topological polar surface area (TPSA) is 67.9 Å². The van der Waals surface area contributed by atoms with E-state index < -0.39 is 5.92 Å². The van der Waals surface area contributed by atoms with E-state index in [1.54, 1.807) is 29.2 Å². The summed E-state index contributed by atoms with van der Waals surface area (Å²) in [6.45, 7) is 2.86. The van der Waals surface area contributed by atoms with Gasteiger partial charge in [-0.15, -0.1) is 0 Å². The van der Waals surface area contributed by atoms with E-state index in [0.717, 1.165) is 21.7 Å². The fraction of sp³-hybridized carbons (Fsp3) is 0.200. The summed E-state index contributed by atoms with van der Waals surface area (Å²) in [6, 6.07) is 22.1. The van der Waals surface area contributed by atoms with Gasteiger partial charge in [-0.05, 0) is 79.7 Å². The van der Waals surface area contributed by atoms with Crippen LogP contribution in [-0.4, -0.2) is 25.0 Å². The summed E-state index contributed by atoms with van der Waals surface area (Å²) in [4.78, 5) is 26.9. The zero-order valence-corrected chi connectivity index (χ0v) is 19.2. The Hall–Kier alpha value is -3.32. The number of anilines is 2. The number of ether oxygens (including phenoxy) is 2. The fourth-order valence-electron chi connectivity index (χ4n) is 3.51. The van der Waals surface area contributed by atoms with E-state index in [9.17, 15) is 9.59 Å². The van der Waals surface area contributed by atoms with Gasteiger partial charge in [0.1, 0.15) is 17.2 Å². The van der Waals surface area contributed by atoms with Crippen LogP contribution in [-0.2, 0) is 9.59 Å². The number of nitrogens with one attached hydrogen (secondary N) is 1. The van der Waals surface area contributed by atoms with Gasteiger partial charge in [-0.1, -0.05) is 15.9 Å². The van der Waals surface area contributed by atoms with Crippen LogP contribution in [0, 0.1) is 5.92 Å². The van der Waals surface area contributed by atoms with Gasteiger partial charge in [-0.25, -0.2) is 0 Å². The van der Waals surface area contributed by atoms with Crippen LogP contribution < -0.4 is 19.7 Å². The Bertz CT molecular complexity index is 1080. The highest BCUT2D eigenvalue weighted by Crippen LogP contribution is 2.28. The Labute approximate surface area is 195 Å². The molecule has 1 heterocycles. The second kappa shape index (κ2) is 9.87. The summed E-state index contributed by atoms with van der Waals surface area (Å²) in [6.07, 6.45) is 0.184. The van der Waals surface area contributed by atoms with Crippen LogP contribution in [0.25, 0.3) is 0 Å². The molecule has 0 radical (unpaired) electrons. The molecule has 4 rings (SSSR count). The average molecular weight is 495 g/mol. The van der Waals surface area contributed by atoms with Crippen molar-refractivity contribution in [3.8, 4) is 17.2 Å². The largest absolute Gasteiger partial charge is 0.494 e. The van der Waals surface area contributed by atoms with Crippen LogP contribution in [0.4, 0.5) is 11.4 Å². The lowest BCUT2D eigenvalue weighted by atomic mass is 10.1. The molecule has 3 aromatic carbocycles. The molecule has 1 aliphatic rings. The Morgan fingerprint density at radius 2 is 1.56 bits per heavy atom. The average Bonchev–Trinajstić information content (AvgIpc) is 3.19. The molecule has 0 aliphatic carbocycles. The van der Waals surface area contributed by atoms with Crippen LogP contribution in [0.3, 0.4) is 0 Å². The smallest absolute Gasteiger partial charge is 0.229 e. The lowest BCUT2D eigenvalue weighted by Crippen LogP contribution is -2.28. The van der Waals surface area contributed by atoms with E-state index >= 15 is 0 Å². The number of hydrogen-bond donors (Lipinski definition) is 1. The molecule has 0 saturated carbocycles. The lowest BCUT2D eigenvalue weighted by Gasteiger charge is -2.17. The first-order valence-corrected chi connectivity index (χ1v) is 11.2. The first kappa shape index (κ1) is 21.9. The van der Waals surface area contributed by atoms with E-state index in [-0.39, 0.29) is 18.2 Å². The Kier molecular flexibility index (Phi) is 6.75. The molecule has 0 spiro atoms. The third-order valence-electron chi connectivity index (χ3n) is 5.13. The molecule has 32 heavy (non-hydrogen) atoms. The van der Waals surface area contributed by atoms with Crippen molar-refractivity contribution in [2.75, 3.05) is 23.4 Å². The van der Waals surface area contributed by atoms with E-state index in [1.165, 1.54) is 0 Å². The molecule has 6 nitrogen and oxygen atoms in total. The highest BCUT2D eigenvalue weighted by molar-refractivity contribution is 9.10. The van der Waals surface area contributed by atoms with Gasteiger partial charge in [0, 0.05) is 28.8 Å². The maximum absolute atomic E-state index is 12.7. The van der Waals surface area contributed by atoms with Crippen LogP contribution in [0.5, 0.6) is 17.2 Å². The van der Waals surface area contributed by atoms with Crippen molar-refractivity contribution in [2.45, 2.75) is 13.3 Å². The summed E-state index contributed by atoms with van der Waals surface area (Å²) in [7, 11) is 0. The van der Waals surface area contributed by atoms with E-state index in [0.29, 0.717) is 24.6 Å². The minimum atomic E-state index is -0.409. The number of carbonyl (C=O) groups is 2. The predicted octanol–water partition coefficient (Wildman–Crippen LogP) is 5.63.